The minimum absolute atomic E-state index is 0.368. The van der Waals surface area contributed by atoms with Crippen molar-refractivity contribution in [2.24, 2.45) is 0 Å². The maximum atomic E-state index is 8.73. The summed E-state index contributed by atoms with van der Waals surface area (Å²) in [5, 5.41) is 8.73. The van der Waals surface area contributed by atoms with E-state index in [0.717, 1.165) is 12.5 Å². The molecule has 0 unspecified atom stereocenters. The Kier molecular flexibility index (Phi) is 25.5. The summed E-state index contributed by atoms with van der Waals surface area (Å²) < 4.78 is 0. The lowest BCUT2D eigenvalue weighted by Gasteiger charge is -2.04. The van der Waals surface area contributed by atoms with Gasteiger partial charge in [-0.25, -0.2) is 0 Å². The molecular formula is C23H48Cl2OSi. The smallest absolute Gasteiger partial charge is 0.237 e. The Balaban J connectivity index is 2.97. The summed E-state index contributed by atoms with van der Waals surface area (Å²) in [7, 11) is -1.33. The molecule has 0 heterocycles. The number of aliphatic hydroxyl groups excluding tert-OH is 1. The van der Waals surface area contributed by atoms with Gasteiger partial charge in [0.2, 0.25) is 7.42 Å². The second kappa shape index (κ2) is 24.8. The largest absolute Gasteiger partial charge is 0.396 e. The van der Waals surface area contributed by atoms with E-state index in [1.807, 2.05) is 0 Å². The standard InChI is InChI=1S/C23H48Cl2OSi/c24-27(25)23-21-19-17-15-13-11-9-7-5-3-1-2-4-6-8-10-12-14-16-18-20-22-26/h26-27H,1-23H2. The molecule has 0 saturated heterocycles. The highest BCUT2D eigenvalue weighted by molar-refractivity contribution is 7.33. The van der Waals surface area contributed by atoms with Gasteiger partial charge in [0.05, 0.1) is 0 Å². The van der Waals surface area contributed by atoms with Crippen LogP contribution in [0.4, 0.5) is 0 Å². The fourth-order valence-corrected chi connectivity index (χ4v) is 5.29. The number of rotatable bonds is 23. The second-order valence-electron chi connectivity index (χ2n) is 8.33. The lowest BCUT2D eigenvalue weighted by molar-refractivity contribution is 0.282. The highest BCUT2D eigenvalue weighted by Gasteiger charge is 2.00. The van der Waals surface area contributed by atoms with Crippen molar-refractivity contribution in [1.29, 1.82) is 0 Å². The Morgan fingerprint density at radius 3 is 0.815 bits per heavy atom. The minimum atomic E-state index is -1.33. The molecule has 0 radical (unpaired) electrons. The molecule has 0 atom stereocenters. The van der Waals surface area contributed by atoms with Crippen LogP contribution in [0.25, 0.3) is 0 Å². The SMILES string of the molecule is OCCCCCCCCCCCCCCCCCCCCCCC[SiH](Cl)Cl. The van der Waals surface area contributed by atoms with Crippen LogP contribution in [-0.4, -0.2) is 19.1 Å². The third-order valence-electron chi connectivity index (χ3n) is 5.58. The molecule has 0 aromatic carbocycles. The van der Waals surface area contributed by atoms with Gasteiger partial charge in [-0.3, -0.25) is 0 Å². The Morgan fingerprint density at radius 1 is 0.370 bits per heavy atom. The van der Waals surface area contributed by atoms with Crippen molar-refractivity contribution < 1.29 is 5.11 Å². The van der Waals surface area contributed by atoms with Crippen molar-refractivity contribution in [2.75, 3.05) is 6.61 Å². The highest BCUT2D eigenvalue weighted by Crippen LogP contribution is 2.16. The molecule has 0 spiro atoms. The minimum Gasteiger partial charge on any atom is -0.396 e. The van der Waals surface area contributed by atoms with E-state index in [4.69, 9.17) is 27.3 Å². The normalized spacial score (nSPS) is 11.6. The molecule has 0 rings (SSSR count). The van der Waals surface area contributed by atoms with Gasteiger partial charge < -0.3 is 5.11 Å². The van der Waals surface area contributed by atoms with E-state index in [9.17, 15) is 0 Å². The molecule has 1 nitrogen and oxygen atoms in total. The van der Waals surface area contributed by atoms with Crippen LogP contribution in [0.1, 0.15) is 135 Å². The van der Waals surface area contributed by atoms with Crippen molar-refractivity contribution in [3.8, 4) is 0 Å². The molecule has 0 aliphatic carbocycles. The second-order valence-corrected chi connectivity index (χ2v) is 13.5. The molecule has 0 fully saturated rings. The molecule has 0 amide bonds. The summed E-state index contributed by atoms with van der Waals surface area (Å²) in [5.74, 6) is 0. The Bertz CT molecular complexity index is 265. The predicted molar refractivity (Wildman–Crippen MR) is 128 cm³/mol. The van der Waals surface area contributed by atoms with Gasteiger partial charge in [0.25, 0.3) is 0 Å². The van der Waals surface area contributed by atoms with Crippen LogP contribution in [-0.2, 0) is 0 Å². The molecule has 0 saturated carbocycles. The number of aliphatic hydroxyl groups is 1. The summed E-state index contributed by atoms with van der Waals surface area (Å²) in [4.78, 5) is 0. The van der Waals surface area contributed by atoms with Crippen molar-refractivity contribution in [2.45, 2.75) is 141 Å². The Hall–Kier alpha value is 0.757. The number of hydrogen-bond donors (Lipinski definition) is 1. The lowest BCUT2D eigenvalue weighted by Crippen LogP contribution is -1.91. The predicted octanol–water partition coefficient (Wildman–Crippen LogP) is 8.87. The number of halogens is 2. The molecule has 164 valence electrons. The maximum absolute atomic E-state index is 8.73. The zero-order valence-electron chi connectivity index (χ0n) is 18.0. The molecule has 1 N–H and O–H groups in total. The van der Waals surface area contributed by atoms with E-state index in [2.05, 4.69) is 0 Å². The maximum Gasteiger partial charge on any atom is 0.237 e. The number of unbranched alkanes of at least 4 members (excludes halogenated alkanes) is 20. The van der Waals surface area contributed by atoms with Crippen LogP contribution in [0.3, 0.4) is 0 Å². The van der Waals surface area contributed by atoms with E-state index < -0.39 is 7.42 Å². The van der Waals surface area contributed by atoms with Crippen molar-refractivity contribution in [1.82, 2.24) is 0 Å². The first-order valence-electron chi connectivity index (χ1n) is 12.2. The summed E-state index contributed by atoms with van der Waals surface area (Å²) in [6, 6.07) is 1.09. The average molecular weight is 440 g/mol. The van der Waals surface area contributed by atoms with Crippen molar-refractivity contribution >= 4 is 29.6 Å². The average Bonchev–Trinajstić information content (AvgIpc) is 2.65. The zero-order valence-corrected chi connectivity index (χ0v) is 20.7. The number of hydrogen-bond acceptors (Lipinski definition) is 1. The summed E-state index contributed by atoms with van der Waals surface area (Å²) in [6.07, 6.45) is 28.9. The van der Waals surface area contributed by atoms with E-state index >= 15 is 0 Å². The fourth-order valence-electron chi connectivity index (χ4n) is 3.77. The molecule has 27 heavy (non-hydrogen) atoms. The van der Waals surface area contributed by atoms with Gasteiger partial charge >= 0.3 is 0 Å². The zero-order chi connectivity index (χ0) is 19.8. The van der Waals surface area contributed by atoms with E-state index in [0.29, 0.717) is 6.61 Å². The summed E-state index contributed by atoms with van der Waals surface area (Å²) in [5.41, 5.74) is 0. The van der Waals surface area contributed by atoms with Crippen LogP contribution in [0.2, 0.25) is 6.04 Å². The van der Waals surface area contributed by atoms with E-state index in [-0.39, 0.29) is 0 Å². The molecule has 0 aliphatic heterocycles. The van der Waals surface area contributed by atoms with Gasteiger partial charge in [0.15, 0.2) is 0 Å². The van der Waals surface area contributed by atoms with Crippen LogP contribution >= 0.6 is 22.2 Å². The van der Waals surface area contributed by atoms with Crippen molar-refractivity contribution in [3.63, 3.8) is 0 Å². The molecule has 0 aromatic heterocycles. The lowest BCUT2D eigenvalue weighted by atomic mass is 10.0. The van der Waals surface area contributed by atoms with Crippen LogP contribution in [0.15, 0.2) is 0 Å². The topological polar surface area (TPSA) is 20.2 Å². The molecule has 0 aromatic rings. The van der Waals surface area contributed by atoms with Gasteiger partial charge in [-0.15, -0.1) is 0 Å². The van der Waals surface area contributed by atoms with Crippen LogP contribution < -0.4 is 0 Å². The van der Waals surface area contributed by atoms with Gasteiger partial charge in [0, 0.05) is 6.61 Å². The fraction of sp³-hybridized carbons (Fsp3) is 1.00. The van der Waals surface area contributed by atoms with E-state index in [1.165, 1.54) is 128 Å². The summed E-state index contributed by atoms with van der Waals surface area (Å²) in [6.45, 7) is 0.368. The quantitative estimate of drug-likeness (QED) is 0.0957. The summed E-state index contributed by atoms with van der Waals surface area (Å²) >= 11 is 11.7. The first-order chi connectivity index (χ1) is 13.3. The molecular weight excluding hydrogens is 391 g/mol. The van der Waals surface area contributed by atoms with Crippen LogP contribution in [0, 0.1) is 0 Å². The first-order valence-corrected chi connectivity index (χ1v) is 16.5. The first kappa shape index (κ1) is 27.8. The Labute approximate surface area is 182 Å². The third-order valence-corrected chi connectivity index (χ3v) is 7.73. The molecule has 0 aliphatic rings. The van der Waals surface area contributed by atoms with Gasteiger partial charge in [-0.05, 0) is 12.5 Å². The monoisotopic (exact) mass is 438 g/mol. The molecule has 4 heteroatoms. The van der Waals surface area contributed by atoms with E-state index in [1.54, 1.807) is 0 Å². The third kappa shape index (κ3) is 26.8. The van der Waals surface area contributed by atoms with Gasteiger partial charge in [-0.1, -0.05) is 128 Å². The van der Waals surface area contributed by atoms with Crippen molar-refractivity contribution in [3.05, 3.63) is 0 Å². The van der Waals surface area contributed by atoms with Crippen LogP contribution in [0.5, 0.6) is 0 Å². The Morgan fingerprint density at radius 2 is 0.593 bits per heavy atom. The molecule has 0 bridgehead atoms. The van der Waals surface area contributed by atoms with Gasteiger partial charge in [-0.2, -0.15) is 22.2 Å². The van der Waals surface area contributed by atoms with Gasteiger partial charge in [0.1, 0.15) is 0 Å². The highest BCUT2D eigenvalue weighted by atomic mass is 35.7.